The summed E-state index contributed by atoms with van der Waals surface area (Å²) in [4.78, 5) is 0. The van der Waals surface area contributed by atoms with Crippen LogP contribution in [-0.4, -0.2) is 37.5 Å². The zero-order chi connectivity index (χ0) is 12.6. The van der Waals surface area contributed by atoms with Crippen LogP contribution >= 0.6 is 0 Å². The number of nitrogens with one attached hydrogen (secondary N) is 1. The van der Waals surface area contributed by atoms with E-state index in [-0.39, 0.29) is 12.1 Å². The van der Waals surface area contributed by atoms with E-state index in [1.807, 2.05) is 7.05 Å². The lowest BCUT2D eigenvalue weighted by Crippen LogP contribution is -2.43. The largest absolute Gasteiger partial charge is 0.394 e. The number of hydrogen-bond acceptors (Lipinski definition) is 3. The van der Waals surface area contributed by atoms with E-state index in [4.69, 9.17) is 4.74 Å². The lowest BCUT2D eigenvalue weighted by atomic mass is 9.96. The van der Waals surface area contributed by atoms with Crippen LogP contribution in [0.25, 0.3) is 0 Å². The molecule has 0 bridgehead atoms. The molecule has 1 rings (SSSR count). The third kappa shape index (κ3) is 5.84. The van der Waals surface area contributed by atoms with Crippen molar-refractivity contribution < 1.29 is 9.84 Å². The van der Waals surface area contributed by atoms with Gasteiger partial charge in [0.05, 0.1) is 6.61 Å². The van der Waals surface area contributed by atoms with Gasteiger partial charge in [0.25, 0.3) is 0 Å². The molecule has 0 aromatic rings. The maximum atomic E-state index is 9.24. The Morgan fingerprint density at radius 3 is 2.59 bits per heavy atom. The minimum atomic E-state index is -0.120. The predicted octanol–water partition coefficient (Wildman–Crippen LogP) is 2.33. The van der Waals surface area contributed by atoms with Gasteiger partial charge in [0.15, 0.2) is 0 Å². The molecule has 0 saturated heterocycles. The highest BCUT2D eigenvalue weighted by Gasteiger charge is 2.19. The molecule has 0 aromatic carbocycles. The topological polar surface area (TPSA) is 41.5 Å². The van der Waals surface area contributed by atoms with Crippen LogP contribution in [-0.2, 0) is 4.74 Å². The molecule has 1 aliphatic carbocycles. The molecule has 0 aromatic heterocycles. The third-order valence-corrected chi connectivity index (χ3v) is 4.05. The molecule has 1 fully saturated rings. The number of rotatable bonds is 9. The molecule has 0 amide bonds. The van der Waals surface area contributed by atoms with Gasteiger partial charge in [-0.25, -0.2) is 0 Å². The Morgan fingerprint density at radius 2 is 2.00 bits per heavy atom. The zero-order valence-electron chi connectivity index (χ0n) is 11.5. The Bertz CT molecular complexity index is 187. The van der Waals surface area contributed by atoms with Crippen LogP contribution in [0.15, 0.2) is 0 Å². The first-order valence-electron chi connectivity index (χ1n) is 7.08. The number of ether oxygens (including phenoxy) is 1. The fourth-order valence-electron chi connectivity index (χ4n) is 2.43. The van der Waals surface area contributed by atoms with E-state index >= 15 is 0 Å². The smallest absolute Gasteiger partial charge is 0.0610 e. The van der Waals surface area contributed by atoms with E-state index in [1.54, 1.807) is 0 Å². The van der Waals surface area contributed by atoms with Gasteiger partial charge < -0.3 is 15.2 Å². The molecule has 102 valence electrons. The van der Waals surface area contributed by atoms with Crippen LogP contribution in [0, 0.1) is 5.92 Å². The summed E-state index contributed by atoms with van der Waals surface area (Å²) in [5.74, 6) is 0.829. The molecule has 0 aliphatic heterocycles. The molecule has 1 saturated carbocycles. The minimum absolute atomic E-state index is 0.120. The van der Waals surface area contributed by atoms with Crippen molar-refractivity contribution in [3.8, 4) is 0 Å². The van der Waals surface area contributed by atoms with Crippen LogP contribution in [0.4, 0.5) is 0 Å². The molecule has 3 nitrogen and oxygen atoms in total. The Balaban J connectivity index is 1.93. The van der Waals surface area contributed by atoms with Crippen molar-refractivity contribution in [3.63, 3.8) is 0 Å². The van der Waals surface area contributed by atoms with Crippen molar-refractivity contribution >= 4 is 0 Å². The summed E-state index contributed by atoms with van der Waals surface area (Å²) in [7, 11) is 1.91. The highest BCUT2D eigenvalue weighted by molar-refractivity contribution is 4.79. The highest BCUT2D eigenvalue weighted by Crippen LogP contribution is 2.24. The Labute approximate surface area is 106 Å². The van der Waals surface area contributed by atoms with Crippen LogP contribution in [0.3, 0.4) is 0 Å². The van der Waals surface area contributed by atoms with Crippen molar-refractivity contribution in [2.75, 3.05) is 26.9 Å². The molecule has 1 aliphatic rings. The Hall–Kier alpha value is -0.120. The number of aliphatic hydroxyl groups is 1. The van der Waals surface area contributed by atoms with Gasteiger partial charge in [0.1, 0.15) is 0 Å². The monoisotopic (exact) mass is 243 g/mol. The predicted molar refractivity (Wildman–Crippen MR) is 71.2 cm³/mol. The number of hydrogen-bond donors (Lipinski definition) is 2. The quantitative estimate of drug-likeness (QED) is 0.611. The van der Waals surface area contributed by atoms with Crippen molar-refractivity contribution in [2.24, 2.45) is 5.92 Å². The second-order valence-corrected chi connectivity index (χ2v) is 5.65. The fraction of sp³-hybridized carbons (Fsp3) is 1.00. The molecule has 17 heavy (non-hydrogen) atoms. The maximum absolute atomic E-state index is 9.24. The molecule has 2 N–H and O–H groups in total. The minimum Gasteiger partial charge on any atom is -0.394 e. The average molecular weight is 243 g/mol. The van der Waals surface area contributed by atoms with Gasteiger partial charge in [-0.05, 0) is 52.0 Å². The first-order chi connectivity index (χ1) is 8.20. The van der Waals surface area contributed by atoms with Crippen molar-refractivity contribution in [2.45, 2.75) is 57.4 Å². The molecule has 1 atom stereocenters. The number of aliphatic hydroxyl groups excluding tert-OH is 1. The Kier molecular flexibility index (Phi) is 7.09. The summed E-state index contributed by atoms with van der Waals surface area (Å²) in [6.45, 7) is 4.10. The van der Waals surface area contributed by atoms with Crippen molar-refractivity contribution in [1.82, 2.24) is 5.32 Å². The first kappa shape index (κ1) is 14.9. The molecule has 0 radical (unpaired) electrons. The van der Waals surface area contributed by atoms with E-state index in [0.29, 0.717) is 0 Å². The van der Waals surface area contributed by atoms with Gasteiger partial charge in [0.2, 0.25) is 0 Å². The van der Waals surface area contributed by atoms with Gasteiger partial charge in [-0.3, -0.25) is 0 Å². The van der Waals surface area contributed by atoms with Gasteiger partial charge in [-0.15, -0.1) is 0 Å². The summed E-state index contributed by atoms with van der Waals surface area (Å²) >= 11 is 0. The van der Waals surface area contributed by atoms with Crippen molar-refractivity contribution in [3.05, 3.63) is 0 Å². The summed E-state index contributed by atoms with van der Waals surface area (Å²) in [6.07, 6.45) is 8.74. The Morgan fingerprint density at radius 1 is 1.29 bits per heavy atom. The van der Waals surface area contributed by atoms with Crippen LogP contribution in [0.1, 0.15) is 51.9 Å². The first-order valence-corrected chi connectivity index (χ1v) is 7.08. The molecule has 1 unspecified atom stereocenters. The molecular weight excluding hydrogens is 214 g/mol. The van der Waals surface area contributed by atoms with Crippen LogP contribution in [0.2, 0.25) is 0 Å². The highest BCUT2D eigenvalue weighted by atomic mass is 16.5. The normalized spacial score (nSPS) is 20.6. The maximum Gasteiger partial charge on any atom is 0.0610 e. The summed E-state index contributed by atoms with van der Waals surface area (Å²) in [5, 5.41) is 12.4. The van der Waals surface area contributed by atoms with E-state index in [2.05, 4.69) is 12.2 Å². The van der Waals surface area contributed by atoms with Gasteiger partial charge in [-0.2, -0.15) is 0 Å². The van der Waals surface area contributed by atoms with E-state index in [0.717, 1.165) is 38.4 Å². The zero-order valence-corrected chi connectivity index (χ0v) is 11.5. The van der Waals surface area contributed by atoms with Crippen LogP contribution in [0.5, 0.6) is 0 Å². The second-order valence-electron chi connectivity index (χ2n) is 5.65. The third-order valence-electron chi connectivity index (χ3n) is 4.05. The van der Waals surface area contributed by atoms with E-state index in [1.165, 1.54) is 25.7 Å². The second kappa shape index (κ2) is 8.06. The van der Waals surface area contributed by atoms with Gasteiger partial charge >= 0.3 is 0 Å². The van der Waals surface area contributed by atoms with Crippen LogP contribution < -0.4 is 5.32 Å². The van der Waals surface area contributed by atoms with E-state index < -0.39 is 0 Å². The summed E-state index contributed by atoms with van der Waals surface area (Å²) < 4.78 is 5.72. The van der Waals surface area contributed by atoms with E-state index in [9.17, 15) is 5.11 Å². The average Bonchev–Trinajstić information content (AvgIpc) is 2.86. The standard InChI is InChI=1S/C14H29NO2/c1-14(12-16,15-2)9-5-6-10-17-11-13-7-3-4-8-13/h13,15-16H,3-12H2,1-2H3. The number of likely N-dealkylation sites (N-methyl/N-ethyl adjacent to an activating group) is 1. The summed E-state index contributed by atoms with van der Waals surface area (Å²) in [5.41, 5.74) is -0.120. The number of unbranched alkanes of at least 4 members (excludes halogenated alkanes) is 1. The molecule has 3 heteroatoms. The summed E-state index contributed by atoms with van der Waals surface area (Å²) in [6, 6.07) is 0. The van der Waals surface area contributed by atoms with Gasteiger partial charge in [0, 0.05) is 18.8 Å². The van der Waals surface area contributed by atoms with Gasteiger partial charge in [-0.1, -0.05) is 12.8 Å². The molecular formula is C14H29NO2. The lowest BCUT2D eigenvalue weighted by Gasteiger charge is -2.26. The molecule has 0 heterocycles. The van der Waals surface area contributed by atoms with Crippen molar-refractivity contribution in [1.29, 1.82) is 0 Å². The lowest BCUT2D eigenvalue weighted by molar-refractivity contribution is 0.0945. The molecule has 0 spiro atoms. The fourth-order valence-corrected chi connectivity index (χ4v) is 2.43. The SMILES string of the molecule is CNC(C)(CO)CCCCOCC1CCCC1.